The molecular formula is C25H22F2N6O2. The van der Waals surface area contributed by atoms with Gasteiger partial charge >= 0.3 is 0 Å². The van der Waals surface area contributed by atoms with Crippen molar-refractivity contribution in [1.82, 2.24) is 19.9 Å². The molecule has 1 amide bonds. The molecule has 0 unspecified atom stereocenters. The SMILES string of the molecule is CC(C)(O)[C@H](F)CNC(=O)c1cnc(-c2ccc3cc(C#N)cnn23)cc1Nc1cccc(F)c1. The van der Waals surface area contributed by atoms with Crippen LogP contribution < -0.4 is 10.6 Å². The number of carbonyl (C=O) groups excluding carboxylic acids is 1. The number of halogens is 2. The Kier molecular flexibility index (Phi) is 6.44. The summed E-state index contributed by atoms with van der Waals surface area (Å²) in [6.45, 7) is 2.22. The fourth-order valence-electron chi connectivity index (χ4n) is 3.38. The van der Waals surface area contributed by atoms with Crippen LogP contribution in [0.25, 0.3) is 16.9 Å². The summed E-state index contributed by atoms with van der Waals surface area (Å²) in [5, 5.41) is 28.7. The molecular weight excluding hydrogens is 454 g/mol. The summed E-state index contributed by atoms with van der Waals surface area (Å²) in [7, 11) is 0. The van der Waals surface area contributed by atoms with Crippen molar-refractivity contribution >= 4 is 22.8 Å². The highest BCUT2D eigenvalue weighted by Gasteiger charge is 2.27. The van der Waals surface area contributed by atoms with Gasteiger partial charge in [0.1, 0.15) is 18.1 Å². The van der Waals surface area contributed by atoms with Gasteiger partial charge in [-0.1, -0.05) is 6.07 Å². The van der Waals surface area contributed by atoms with Gasteiger partial charge in [-0.05, 0) is 56.3 Å². The molecule has 0 spiro atoms. The number of nitriles is 1. The Balaban J connectivity index is 1.72. The molecule has 0 aliphatic heterocycles. The van der Waals surface area contributed by atoms with Crippen molar-refractivity contribution in [2.75, 3.05) is 11.9 Å². The summed E-state index contributed by atoms with van der Waals surface area (Å²) >= 11 is 0. The molecule has 0 bridgehead atoms. The molecule has 4 aromatic rings. The van der Waals surface area contributed by atoms with Gasteiger partial charge in [0.05, 0.1) is 52.1 Å². The van der Waals surface area contributed by atoms with Gasteiger partial charge in [0, 0.05) is 11.9 Å². The molecule has 10 heteroatoms. The van der Waals surface area contributed by atoms with Gasteiger partial charge < -0.3 is 15.7 Å². The summed E-state index contributed by atoms with van der Waals surface area (Å²) in [6, 6.07) is 14.6. The Morgan fingerprint density at radius 2 is 2.03 bits per heavy atom. The Labute approximate surface area is 199 Å². The summed E-state index contributed by atoms with van der Waals surface area (Å²) in [5.41, 5.74) is 1.33. The third-order valence-corrected chi connectivity index (χ3v) is 5.35. The first-order valence-electron chi connectivity index (χ1n) is 10.7. The van der Waals surface area contributed by atoms with Crippen LogP contribution in [0.5, 0.6) is 0 Å². The Morgan fingerprint density at radius 1 is 1.23 bits per heavy atom. The second-order valence-electron chi connectivity index (χ2n) is 8.49. The van der Waals surface area contributed by atoms with E-state index < -0.39 is 30.0 Å². The molecule has 4 rings (SSSR count). The van der Waals surface area contributed by atoms with Crippen LogP contribution in [0.4, 0.5) is 20.2 Å². The molecule has 1 atom stereocenters. The number of fused-ring (bicyclic) bond motifs is 1. The summed E-state index contributed by atoms with van der Waals surface area (Å²) in [4.78, 5) is 17.3. The molecule has 8 nitrogen and oxygen atoms in total. The molecule has 178 valence electrons. The highest BCUT2D eigenvalue weighted by atomic mass is 19.1. The van der Waals surface area contributed by atoms with Crippen LogP contribution in [0.1, 0.15) is 29.8 Å². The first-order chi connectivity index (χ1) is 16.7. The molecule has 3 heterocycles. The van der Waals surface area contributed by atoms with Crippen LogP contribution >= 0.6 is 0 Å². The zero-order chi connectivity index (χ0) is 25.2. The van der Waals surface area contributed by atoms with Gasteiger partial charge in [-0.25, -0.2) is 13.3 Å². The molecule has 0 fully saturated rings. The predicted octanol–water partition coefficient (Wildman–Crippen LogP) is 3.99. The maximum absolute atomic E-state index is 14.2. The Hall–Kier alpha value is -4.36. The Morgan fingerprint density at radius 3 is 2.74 bits per heavy atom. The van der Waals surface area contributed by atoms with E-state index in [2.05, 4.69) is 20.7 Å². The lowest BCUT2D eigenvalue weighted by molar-refractivity contribution is -0.00177. The van der Waals surface area contributed by atoms with E-state index >= 15 is 0 Å². The normalized spacial score (nSPS) is 12.2. The molecule has 0 radical (unpaired) electrons. The summed E-state index contributed by atoms with van der Waals surface area (Å²) in [5.74, 6) is -1.08. The molecule has 0 saturated carbocycles. The molecule has 3 aromatic heterocycles. The predicted molar refractivity (Wildman–Crippen MR) is 126 cm³/mol. The number of anilines is 2. The summed E-state index contributed by atoms with van der Waals surface area (Å²) in [6.07, 6.45) is 1.07. The Bertz CT molecular complexity index is 1440. The van der Waals surface area contributed by atoms with Crippen molar-refractivity contribution in [3.8, 4) is 17.5 Å². The van der Waals surface area contributed by atoms with E-state index in [1.807, 2.05) is 6.07 Å². The zero-order valence-corrected chi connectivity index (χ0v) is 19.0. The van der Waals surface area contributed by atoms with E-state index in [0.29, 0.717) is 33.8 Å². The first-order valence-corrected chi connectivity index (χ1v) is 10.7. The number of pyridine rings is 1. The van der Waals surface area contributed by atoms with Crippen LogP contribution in [-0.2, 0) is 0 Å². The van der Waals surface area contributed by atoms with Gasteiger partial charge in [-0.15, -0.1) is 0 Å². The third kappa shape index (κ3) is 5.26. The van der Waals surface area contributed by atoms with Crippen LogP contribution in [0.2, 0.25) is 0 Å². The number of aliphatic hydroxyl groups is 1. The van der Waals surface area contributed by atoms with Gasteiger partial charge in [-0.3, -0.25) is 9.78 Å². The second kappa shape index (κ2) is 9.48. The molecule has 0 saturated heterocycles. The average Bonchev–Trinajstić information content (AvgIpc) is 3.25. The minimum absolute atomic E-state index is 0.0987. The fraction of sp³-hybridized carbons (Fsp3) is 0.200. The maximum atomic E-state index is 14.2. The summed E-state index contributed by atoms with van der Waals surface area (Å²) < 4.78 is 29.5. The number of nitrogens with zero attached hydrogens (tertiary/aromatic N) is 4. The van der Waals surface area contributed by atoms with Crippen molar-refractivity contribution in [3.05, 3.63) is 77.9 Å². The minimum atomic E-state index is -1.69. The number of hydrogen-bond acceptors (Lipinski definition) is 6. The first kappa shape index (κ1) is 23.8. The van der Waals surface area contributed by atoms with Crippen LogP contribution in [0, 0.1) is 17.1 Å². The van der Waals surface area contributed by atoms with Crippen molar-refractivity contribution < 1.29 is 18.7 Å². The second-order valence-corrected chi connectivity index (χ2v) is 8.49. The van der Waals surface area contributed by atoms with E-state index in [-0.39, 0.29) is 5.56 Å². The molecule has 0 aliphatic rings. The quantitative estimate of drug-likeness (QED) is 0.372. The molecule has 0 aliphatic carbocycles. The molecule has 35 heavy (non-hydrogen) atoms. The van der Waals surface area contributed by atoms with Crippen LogP contribution in [-0.4, -0.2) is 43.9 Å². The number of hydrogen-bond donors (Lipinski definition) is 3. The third-order valence-electron chi connectivity index (χ3n) is 5.35. The van der Waals surface area contributed by atoms with Gasteiger partial charge in [0.15, 0.2) is 0 Å². The van der Waals surface area contributed by atoms with Crippen LogP contribution in [0.3, 0.4) is 0 Å². The number of amides is 1. The number of benzene rings is 1. The average molecular weight is 476 g/mol. The topological polar surface area (TPSA) is 115 Å². The maximum Gasteiger partial charge on any atom is 0.255 e. The van der Waals surface area contributed by atoms with Crippen molar-refractivity contribution in [3.63, 3.8) is 0 Å². The van der Waals surface area contributed by atoms with Gasteiger partial charge in [0.25, 0.3) is 5.91 Å². The standard InChI is InChI=1S/C25H22F2N6O2/c1-25(2,35)23(27)14-30-24(34)19-13-29-21(10-20(19)32-17-5-3-4-16(26)9-17)22-7-6-18-8-15(11-28)12-31-33(18)22/h3-10,12-13,23,35H,14H2,1-2H3,(H,29,32)(H,30,34)/t23-/m1/s1. The van der Waals surface area contributed by atoms with E-state index in [1.165, 1.54) is 44.4 Å². The van der Waals surface area contributed by atoms with Crippen LogP contribution in [0.15, 0.2) is 60.9 Å². The smallest absolute Gasteiger partial charge is 0.255 e. The largest absolute Gasteiger partial charge is 0.387 e. The zero-order valence-electron chi connectivity index (χ0n) is 19.0. The van der Waals surface area contributed by atoms with E-state index in [1.54, 1.807) is 34.8 Å². The van der Waals surface area contributed by atoms with Crippen molar-refractivity contribution in [1.29, 1.82) is 5.26 Å². The molecule has 1 aromatic carbocycles. The number of alkyl halides is 1. The minimum Gasteiger partial charge on any atom is -0.387 e. The monoisotopic (exact) mass is 476 g/mol. The number of carbonyl (C=O) groups is 1. The van der Waals surface area contributed by atoms with Crippen molar-refractivity contribution in [2.24, 2.45) is 0 Å². The number of nitrogens with one attached hydrogen (secondary N) is 2. The van der Waals surface area contributed by atoms with Gasteiger partial charge in [-0.2, -0.15) is 10.4 Å². The lowest BCUT2D eigenvalue weighted by atomic mass is 10.0. The fourth-order valence-corrected chi connectivity index (χ4v) is 3.38. The highest BCUT2D eigenvalue weighted by Crippen LogP contribution is 2.28. The van der Waals surface area contributed by atoms with Gasteiger partial charge in [0.2, 0.25) is 0 Å². The van der Waals surface area contributed by atoms with E-state index in [0.717, 1.165) is 0 Å². The van der Waals surface area contributed by atoms with Crippen molar-refractivity contribution in [2.45, 2.75) is 25.6 Å². The molecule has 3 N–H and O–H groups in total. The highest BCUT2D eigenvalue weighted by molar-refractivity contribution is 6.00. The lowest BCUT2D eigenvalue weighted by Gasteiger charge is -2.22. The number of rotatable bonds is 7. The lowest BCUT2D eigenvalue weighted by Crippen LogP contribution is -2.42. The van der Waals surface area contributed by atoms with E-state index in [4.69, 9.17) is 5.26 Å². The van der Waals surface area contributed by atoms with E-state index in [9.17, 15) is 18.7 Å². The number of aromatic nitrogens is 3.